The summed E-state index contributed by atoms with van der Waals surface area (Å²) in [6.45, 7) is 3.98. The molecule has 0 aromatic carbocycles. The molecule has 1 saturated carbocycles. The summed E-state index contributed by atoms with van der Waals surface area (Å²) < 4.78 is 5.53. The van der Waals surface area contributed by atoms with Gasteiger partial charge in [-0.05, 0) is 37.2 Å². The highest BCUT2D eigenvalue weighted by Crippen LogP contribution is 2.40. The molecular formula is C22H30N6O4. The van der Waals surface area contributed by atoms with Gasteiger partial charge in [0, 0.05) is 44.0 Å². The molecule has 1 aliphatic carbocycles. The number of carbonyl (C=O) groups excluding carboxylic acids is 2. The van der Waals surface area contributed by atoms with Gasteiger partial charge in [0.2, 0.25) is 5.88 Å². The zero-order valence-corrected chi connectivity index (χ0v) is 18.2. The number of aromatic nitrogens is 1. The quantitative estimate of drug-likeness (QED) is 0.496. The molecule has 4 aliphatic rings. The summed E-state index contributed by atoms with van der Waals surface area (Å²) in [7, 11) is 0. The number of nitrogens with one attached hydrogen (secondary N) is 2. The van der Waals surface area contributed by atoms with Crippen LogP contribution < -0.4 is 16.5 Å². The molecule has 2 unspecified atom stereocenters. The first-order valence-electron chi connectivity index (χ1n) is 11.2. The van der Waals surface area contributed by atoms with E-state index in [0.717, 1.165) is 31.2 Å². The number of hydrogen-bond donors (Lipinski definition) is 4. The number of nitrogens with zero attached hydrogens (tertiary/aromatic N) is 3. The van der Waals surface area contributed by atoms with E-state index in [9.17, 15) is 14.7 Å². The van der Waals surface area contributed by atoms with E-state index >= 15 is 0 Å². The van der Waals surface area contributed by atoms with Crippen molar-refractivity contribution in [3.05, 3.63) is 35.3 Å². The number of hydrazine groups is 1. The van der Waals surface area contributed by atoms with Crippen molar-refractivity contribution in [2.24, 2.45) is 5.41 Å². The first-order valence-corrected chi connectivity index (χ1v) is 11.2. The second kappa shape index (κ2) is 7.93. The topological polar surface area (TPSA) is 133 Å². The predicted molar refractivity (Wildman–Crippen MR) is 115 cm³/mol. The lowest BCUT2D eigenvalue weighted by molar-refractivity contribution is -0.142. The van der Waals surface area contributed by atoms with Crippen molar-refractivity contribution in [2.45, 2.75) is 57.3 Å². The smallest absolute Gasteiger partial charge is 0.280 e. The maximum atomic E-state index is 13.3. The van der Waals surface area contributed by atoms with Gasteiger partial charge in [0.15, 0.2) is 5.57 Å². The molecule has 0 radical (unpaired) electrons. The van der Waals surface area contributed by atoms with E-state index < -0.39 is 18.0 Å². The molecule has 3 fully saturated rings. The zero-order chi connectivity index (χ0) is 22.5. The summed E-state index contributed by atoms with van der Waals surface area (Å²) in [6.07, 6.45) is 5.16. The first kappa shape index (κ1) is 21.0. The lowest BCUT2D eigenvalue weighted by atomic mass is 9.81. The number of nitrogens with two attached hydrogens (primary N) is 1. The second-order valence-corrected chi connectivity index (χ2v) is 9.55. The van der Waals surface area contributed by atoms with Crippen LogP contribution in [0.3, 0.4) is 0 Å². The summed E-state index contributed by atoms with van der Waals surface area (Å²) in [4.78, 5) is 32.2. The predicted octanol–water partition coefficient (Wildman–Crippen LogP) is 0.948. The number of nitrogen functional groups attached to an aromatic ring is 1. The van der Waals surface area contributed by atoms with E-state index in [1.54, 1.807) is 17.2 Å². The minimum atomic E-state index is -0.526. The number of aliphatic hydroxyl groups is 1. The summed E-state index contributed by atoms with van der Waals surface area (Å²) in [5.74, 6) is -0.904. The fraction of sp³-hybridized carbons (Fsp3) is 0.591. The van der Waals surface area contributed by atoms with Crippen molar-refractivity contribution >= 4 is 17.6 Å². The molecule has 4 heterocycles. The number of hydrogen-bond acceptors (Lipinski definition) is 8. The van der Waals surface area contributed by atoms with Gasteiger partial charge >= 0.3 is 0 Å². The Kier molecular flexibility index (Phi) is 5.21. The Hall–Kier alpha value is -2.85. The third-order valence-electron chi connectivity index (χ3n) is 6.97. The number of pyridine rings is 1. The summed E-state index contributed by atoms with van der Waals surface area (Å²) in [5, 5.41) is 15.5. The summed E-state index contributed by atoms with van der Waals surface area (Å²) in [6, 6.07) is 3.49. The Morgan fingerprint density at radius 2 is 2.16 bits per heavy atom. The third-order valence-corrected chi connectivity index (χ3v) is 6.97. The van der Waals surface area contributed by atoms with Crippen molar-refractivity contribution in [1.82, 2.24) is 25.6 Å². The molecule has 5 rings (SSSR count). The number of anilines is 1. The summed E-state index contributed by atoms with van der Waals surface area (Å²) >= 11 is 0. The molecule has 1 aromatic rings. The highest BCUT2D eigenvalue weighted by atomic mass is 16.5. The van der Waals surface area contributed by atoms with Gasteiger partial charge in [0.05, 0.1) is 6.04 Å². The molecule has 172 valence electrons. The molecule has 1 aromatic heterocycles. The third kappa shape index (κ3) is 3.77. The van der Waals surface area contributed by atoms with Crippen LogP contribution in [0.5, 0.6) is 0 Å². The van der Waals surface area contributed by atoms with Gasteiger partial charge in [0.1, 0.15) is 12.0 Å². The average Bonchev–Trinajstić information content (AvgIpc) is 3.46. The van der Waals surface area contributed by atoms with Crippen molar-refractivity contribution in [3.8, 4) is 0 Å². The van der Waals surface area contributed by atoms with Gasteiger partial charge in [-0.25, -0.2) is 15.4 Å². The van der Waals surface area contributed by atoms with Crippen molar-refractivity contribution in [2.75, 3.05) is 25.5 Å². The number of fused-ring (bicyclic) bond motifs is 1. The Bertz CT molecular complexity index is 955. The maximum Gasteiger partial charge on any atom is 0.280 e. The number of amides is 2. The lowest BCUT2D eigenvalue weighted by Gasteiger charge is -2.45. The van der Waals surface area contributed by atoms with Gasteiger partial charge in [0.25, 0.3) is 11.8 Å². The van der Waals surface area contributed by atoms with E-state index in [-0.39, 0.29) is 29.0 Å². The van der Waals surface area contributed by atoms with Crippen LogP contribution >= 0.6 is 0 Å². The molecule has 2 atom stereocenters. The van der Waals surface area contributed by atoms with E-state index in [2.05, 4.69) is 22.7 Å². The molecule has 10 heteroatoms. The fourth-order valence-corrected chi connectivity index (χ4v) is 4.80. The molecule has 3 aliphatic heterocycles. The Morgan fingerprint density at radius 3 is 2.84 bits per heavy atom. The van der Waals surface area contributed by atoms with Gasteiger partial charge in [-0.3, -0.25) is 9.59 Å². The lowest BCUT2D eigenvalue weighted by Crippen LogP contribution is -2.59. The van der Waals surface area contributed by atoms with Crippen molar-refractivity contribution in [1.29, 1.82) is 0 Å². The molecular weight excluding hydrogens is 412 g/mol. The van der Waals surface area contributed by atoms with E-state index in [1.165, 1.54) is 5.01 Å². The fourth-order valence-electron chi connectivity index (χ4n) is 4.80. The van der Waals surface area contributed by atoms with Crippen LogP contribution in [0.4, 0.5) is 5.82 Å². The Morgan fingerprint density at radius 1 is 1.41 bits per heavy atom. The Balaban J connectivity index is 1.48. The highest BCUT2D eigenvalue weighted by molar-refractivity contribution is 6.19. The first-order chi connectivity index (χ1) is 15.4. The molecule has 10 nitrogen and oxygen atoms in total. The van der Waals surface area contributed by atoms with Gasteiger partial charge in [-0.2, -0.15) is 0 Å². The van der Waals surface area contributed by atoms with Gasteiger partial charge in [-0.15, -0.1) is 0 Å². The molecule has 5 N–H and O–H groups in total. The average molecular weight is 443 g/mol. The van der Waals surface area contributed by atoms with Crippen molar-refractivity contribution < 1.29 is 19.4 Å². The number of aliphatic hydroxyl groups excluding tert-OH is 1. The SMILES string of the molecule is CC1(CN2C(O)=C(C(=O)NC3CC3)C(=O)N3NC(c4cccnc4N)CC23)CCOCC1. The number of rotatable bonds is 5. The van der Waals surface area contributed by atoms with Gasteiger partial charge < -0.3 is 25.8 Å². The number of ether oxygens (including phenoxy) is 1. The van der Waals surface area contributed by atoms with Crippen LogP contribution in [0.15, 0.2) is 29.8 Å². The molecule has 2 amide bonds. The van der Waals surface area contributed by atoms with Crippen LogP contribution in [0.1, 0.15) is 50.6 Å². The standard InChI is InChI=1S/C22H30N6O4/c1-22(6-9-32-10-7-22)12-27-16-11-15(14-3-2-8-24-18(14)23)26-28(16)21(31)17(20(27)30)19(29)25-13-4-5-13/h2-3,8,13,15-16,26,30H,4-7,9-12H2,1H3,(H2,23,24)(H,25,29). The highest BCUT2D eigenvalue weighted by Gasteiger charge is 2.50. The molecule has 2 saturated heterocycles. The molecule has 32 heavy (non-hydrogen) atoms. The van der Waals surface area contributed by atoms with Crippen LogP contribution in [-0.4, -0.2) is 63.8 Å². The van der Waals surface area contributed by atoms with Crippen molar-refractivity contribution in [3.63, 3.8) is 0 Å². The van der Waals surface area contributed by atoms with E-state index in [4.69, 9.17) is 10.5 Å². The number of carbonyl (C=O) groups is 2. The van der Waals surface area contributed by atoms with Gasteiger partial charge in [-0.1, -0.05) is 13.0 Å². The Labute approximate surface area is 186 Å². The zero-order valence-electron chi connectivity index (χ0n) is 18.2. The van der Waals surface area contributed by atoms with Crippen LogP contribution in [0.2, 0.25) is 0 Å². The largest absolute Gasteiger partial charge is 0.494 e. The summed E-state index contributed by atoms with van der Waals surface area (Å²) in [5.41, 5.74) is 9.78. The van der Waals surface area contributed by atoms with Crippen LogP contribution in [0.25, 0.3) is 0 Å². The molecule has 0 bridgehead atoms. The molecule has 0 spiro atoms. The van der Waals surface area contributed by atoms with E-state index in [1.807, 2.05) is 6.07 Å². The maximum absolute atomic E-state index is 13.3. The minimum absolute atomic E-state index is 0.0734. The van der Waals surface area contributed by atoms with Crippen LogP contribution in [-0.2, 0) is 14.3 Å². The van der Waals surface area contributed by atoms with Crippen LogP contribution in [0, 0.1) is 5.41 Å². The van der Waals surface area contributed by atoms with E-state index in [0.29, 0.717) is 32.0 Å². The monoisotopic (exact) mass is 442 g/mol. The minimum Gasteiger partial charge on any atom is -0.494 e. The second-order valence-electron chi connectivity index (χ2n) is 9.55. The normalized spacial score (nSPS) is 27.5.